The molecule has 1 aromatic rings. The molecule has 4 heteroatoms. The summed E-state index contributed by atoms with van der Waals surface area (Å²) in [5, 5.41) is 3.25. The largest absolute Gasteiger partial charge is 0.367 e. The SMILES string of the molecule is Cc1ccnc(NCC2COC(C)(C)O2)c1. The molecule has 0 radical (unpaired) electrons. The number of rotatable bonds is 3. The van der Waals surface area contributed by atoms with Gasteiger partial charge in [-0.3, -0.25) is 0 Å². The van der Waals surface area contributed by atoms with Crippen LogP contribution in [0.1, 0.15) is 19.4 Å². The second kappa shape index (κ2) is 4.39. The summed E-state index contributed by atoms with van der Waals surface area (Å²) in [4.78, 5) is 4.23. The van der Waals surface area contributed by atoms with E-state index in [1.165, 1.54) is 5.56 Å². The molecule has 0 bridgehead atoms. The predicted molar refractivity (Wildman–Crippen MR) is 62.4 cm³/mol. The fraction of sp³-hybridized carbons (Fsp3) is 0.583. The van der Waals surface area contributed by atoms with Gasteiger partial charge in [-0.05, 0) is 38.5 Å². The molecular weight excluding hydrogens is 204 g/mol. The van der Waals surface area contributed by atoms with Crippen molar-refractivity contribution in [3.63, 3.8) is 0 Å². The van der Waals surface area contributed by atoms with Gasteiger partial charge >= 0.3 is 0 Å². The highest BCUT2D eigenvalue weighted by atomic mass is 16.7. The van der Waals surface area contributed by atoms with Gasteiger partial charge in [0.05, 0.1) is 6.61 Å². The van der Waals surface area contributed by atoms with Crippen molar-refractivity contribution in [1.82, 2.24) is 4.98 Å². The number of hydrogen-bond acceptors (Lipinski definition) is 4. The minimum Gasteiger partial charge on any atom is -0.367 e. The first-order valence-electron chi connectivity index (χ1n) is 5.53. The summed E-state index contributed by atoms with van der Waals surface area (Å²) in [6.45, 7) is 7.26. The fourth-order valence-electron chi connectivity index (χ4n) is 1.71. The zero-order valence-electron chi connectivity index (χ0n) is 9.99. The lowest BCUT2D eigenvalue weighted by molar-refractivity contribution is -0.136. The summed E-state index contributed by atoms with van der Waals surface area (Å²) in [6.07, 6.45) is 1.89. The highest BCUT2D eigenvalue weighted by molar-refractivity contribution is 5.36. The molecule has 4 nitrogen and oxygen atoms in total. The number of hydrogen-bond donors (Lipinski definition) is 1. The number of nitrogens with zero attached hydrogens (tertiary/aromatic N) is 1. The molecule has 1 N–H and O–H groups in total. The zero-order valence-corrected chi connectivity index (χ0v) is 9.99. The van der Waals surface area contributed by atoms with Gasteiger partial charge in [-0.2, -0.15) is 0 Å². The molecule has 16 heavy (non-hydrogen) atoms. The Morgan fingerprint density at radius 2 is 2.38 bits per heavy atom. The van der Waals surface area contributed by atoms with Crippen LogP contribution in [0.15, 0.2) is 18.3 Å². The number of anilines is 1. The minimum absolute atomic E-state index is 0.0947. The molecule has 1 aliphatic rings. The molecule has 0 spiro atoms. The van der Waals surface area contributed by atoms with Crippen LogP contribution in [0.25, 0.3) is 0 Å². The fourth-order valence-corrected chi connectivity index (χ4v) is 1.71. The smallest absolute Gasteiger partial charge is 0.163 e. The Labute approximate surface area is 96.0 Å². The van der Waals surface area contributed by atoms with Gasteiger partial charge in [0, 0.05) is 12.7 Å². The van der Waals surface area contributed by atoms with Crippen LogP contribution in [0.4, 0.5) is 5.82 Å². The monoisotopic (exact) mass is 222 g/mol. The second-order valence-corrected chi connectivity index (χ2v) is 4.55. The molecule has 1 aliphatic heterocycles. The average Bonchev–Trinajstić information content (AvgIpc) is 2.56. The van der Waals surface area contributed by atoms with Crippen LogP contribution in [0, 0.1) is 6.92 Å². The molecule has 1 saturated heterocycles. The maximum absolute atomic E-state index is 5.69. The van der Waals surface area contributed by atoms with E-state index in [0.29, 0.717) is 6.61 Å². The van der Waals surface area contributed by atoms with Gasteiger partial charge in [0.2, 0.25) is 0 Å². The number of aromatic nitrogens is 1. The number of aryl methyl sites for hydroxylation is 1. The van der Waals surface area contributed by atoms with Gasteiger partial charge in [-0.15, -0.1) is 0 Å². The maximum Gasteiger partial charge on any atom is 0.163 e. The molecule has 2 rings (SSSR count). The summed E-state index contributed by atoms with van der Waals surface area (Å²) in [6, 6.07) is 3.99. The van der Waals surface area contributed by atoms with E-state index in [1.54, 1.807) is 6.20 Å². The van der Waals surface area contributed by atoms with Crippen molar-refractivity contribution in [3.8, 4) is 0 Å². The molecule has 2 heterocycles. The van der Waals surface area contributed by atoms with Gasteiger partial charge in [-0.25, -0.2) is 4.98 Å². The number of nitrogens with one attached hydrogen (secondary N) is 1. The van der Waals surface area contributed by atoms with Gasteiger partial charge in [0.25, 0.3) is 0 Å². The molecule has 0 saturated carbocycles. The van der Waals surface area contributed by atoms with Crippen molar-refractivity contribution in [2.24, 2.45) is 0 Å². The van der Waals surface area contributed by atoms with Crippen molar-refractivity contribution in [2.45, 2.75) is 32.7 Å². The highest BCUT2D eigenvalue weighted by Gasteiger charge is 2.32. The Hall–Kier alpha value is -1.13. The molecular formula is C12H18N2O2. The van der Waals surface area contributed by atoms with E-state index >= 15 is 0 Å². The van der Waals surface area contributed by atoms with Crippen molar-refractivity contribution < 1.29 is 9.47 Å². The Kier molecular flexibility index (Phi) is 3.12. The van der Waals surface area contributed by atoms with E-state index in [1.807, 2.05) is 32.9 Å². The quantitative estimate of drug-likeness (QED) is 0.849. The van der Waals surface area contributed by atoms with E-state index in [4.69, 9.17) is 9.47 Å². The van der Waals surface area contributed by atoms with Crippen LogP contribution in [0.3, 0.4) is 0 Å². The van der Waals surface area contributed by atoms with Crippen LogP contribution in [-0.4, -0.2) is 30.0 Å². The summed E-state index contributed by atoms with van der Waals surface area (Å²) < 4.78 is 11.2. The summed E-state index contributed by atoms with van der Waals surface area (Å²) in [5.74, 6) is 0.431. The predicted octanol–water partition coefficient (Wildman–Crippen LogP) is 1.95. The Balaban J connectivity index is 1.84. The van der Waals surface area contributed by atoms with Gasteiger partial charge in [-0.1, -0.05) is 0 Å². The topological polar surface area (TPSA) is 43.4 Å². The standard InChI is InChI=1S/C12H18N2O2/c1-9-4-5-13-11(6-9)14-7-10-8-15-12(2,3)16-10/h4-6,10H,7-8H2,1-3H3,(H,13,14). The number of ether oxygens (including phenoxy) is 2. The van der Waals surface area contributed by atoms with Crippen LogP contribution < -0.4 is 5.32 Å². The molecule has 0 aromatic carbocycles. The van der Waals surface area contributed by atoms with E-state index in [-0.39, 0.29) is 6.10 Å². The molecule has 0 amide bonds. The Morgan fingerprint density at radius 1 is 1.56 bits per heavy atom. The van der Waals surface area contributed by atoms with Gasteiger partial charge in [0.15, 0.2) is 5.79 Å². The van der Waals surface area contributed by atoms with Crippen LogP contribution in [0.2, 0.25) is 0 Å². The molecule has 1 fully saturated rings. The molecule has 0 aliphatic carbocycles. The normalized spacial score (nSPS) is 23.3. The number of pyridine rings is 1. The highest BCUT2D eigenvalue weighted by Crippen LogP contribution is 2.22. The van der Waals surface area contributed by atoms with E-state index in [0.717, 1.165) is 12.4 Å². The molecule has 88 valence electrons. The van der Waals surface area contributed by atoms with Crippen molar-refractivity contribution >= 4 is 5.82 Å². The van der Waals surface area contributed by atoms with Crippen molar-refractivity contribution in [3.05, 3.63) is 23.9 Å². The first-order chi connectivity index (χ1) is 7.55. The molecule has 1 aromatic heterocycles. The third-order valence-electron chi connectivity index (χ3n) is 2.49. The first kappa shape index (κ1) is 11.4. The second-order valence-electron chi connectivity index (χ2n) is 4.55. The maximum atomic E-state index is 5.69. The van der Waals surface area contributed by atoms with Crippen LogP contribution >= 0.6 is 0 Å². The zero-order chi connectivity index (χ0) is 11.6. The van der Waals surface area contributed by atoms with Crippen LogP contribution in [0.5, 0.6) is 0 Å². The minimum atomic E-state index is -0.452. The van der Waals surface area contributed by atoms with E-state index in [2.05, 4.69) is 10.3 Å². The summed E-state index contributed by atoms with van der Waals surface area (Å²) >= 11 is 0. The molecule has 1 unspecified atom stereocenters. The summed E-state index contributed by atoms with van der Waals surface area (Å²) in [5.41, 5.74) is 1.20. The Morgan fingerprint density at radius 3 is 3.00 bits per heavy atom. The summed E-state index contributed by atoms with van der Waals surface area (Å²) in [7, 11) is 0. The van der Waals surface area contributed by atoms with Crippen molar-refractivity contribution in [1.29, 1.82) is 0 Å². The van der Waals surface area contributed by atoms with Crippen molar-refractivity contribution in [2.75, 3.05) is 18.5 Å². The lowest BCUT2D eigenvalue weighted by atomic mass is 10.3. The Bertz CT molecular complexity index is 366. The molecule has 1 atom stereocenters. The third kappa shape index (κ3) is 2.93. The van der Waals surface area contributed by atoms with E-state index < -0.39 is 5.79 Å². The third-order valence-corrected chi connectivity index (χ3v) is 2.49. The average molecular weight is 222 g/mol. The lowest BCUT2D eigenvalue weighted by Crippen LogP contribution is -2.26. The van der Waals surface area contributed by atoms with Crippen LogP contribution in [-0.2, 0) is 9.47 Å². The lowest BCUT2D eigenvalue weighted by Gasteiger charge is -2.17. The van der Waals surface area contributed by atoms with Gasteiger partial charge in [0.1, 0.15) is 11.9 Å². The first-order valence-corrected chi connectivity index (χ1v) is 5.53. The van der Waals surface area contributed by atoms with E-state index in [9.17, 15) is 0 Å². The van der Waals surface area contributed by atoms with Gasteiger partial charge < -0.3 is 14.8 Å².